The zero-order chi connectivity index (χ0) is 15.6. The van der Waals surface area contributed by atoms with Gasteiger partial charge in [0.1, 0.15) is 5.56 Å². The van der Waals surface area contributed by atoms with Crippen LogP contribution in [0.25, 0.3) is 10.9 Å². The number of pyridine rings is 1. The summed E-state index contributed by atoms with van der Waals surface area (Å²) in [6.45, 7) is 1.76. The fourth-order valence-electron chi connectivity index (χ4n) is 1.99. The molecular weight excluding hydrogens is 281 g/mol. The number of ether oxygens (including phenoxy) is 3. The number of rotatable bonds is 4. The Bertz CT molecular complexity index is 753. The van der Waals surface area contributed by atoms with E-state index in [4.69, 9.17) is 14.2 Å². The molecule has 0 spiro atoms. The van der Waals surface area contributed by atoms with Crippen LogP contribution < -0.4 is 14.9 Å². The SMILES string of the molecule is CCOC(=O)c1c[nH]c2c(F)c(OC)c(OC)cc2c1=O. The van der Waals surface area contributed by atoms with Crippen LogP contribution in [0.15, 0.2) is 17.1 Å². The summed E-state index contributed by atoms with van der Waals surface area (Å²) in [7, 11) is 2.62. The molecule has 0 saturated carbocycles. The summed E-state index contributed by atoms with van der Waals surface area (Å²) < 4.78 is 29.0. The Kier molecular flexibility index (Phi) is 4.11. The first-order valence-corrected chi connectivity index (χ1v) is 6.18. The molecule has 1 heterocycles. The molecule has 6 nitrogen and oxygen atoms in total. The number of aromatic amines is 1. The number of esters is 1. The lowest BCUT2D eigenvalue weighted by molar-refractivity contribution is 0.0524. The molecule has 0 saturated heterocycles. The van der Waals surface area contributed by atoms with Crippen LogP contribution in [0.5, 0.6) is 11.5 Å². The highest BCUT2D eigenvalue weighted by atomic mass is 19.1. The molecule has 0 bridgehead atoms. The smallest absolute Gasteiger partial charge is 0.343 e. The standard InChI is InChI=1S/C14H14FNO5/c1-4-21-14(18)8-6-16-11-7(12(8)17)5-9(19-2)13(20-3)10(11)15/h5-6H,4H2,1-3H3,(H,16,17). The molecule has 1 aromatic carbocycles. The van der Waals surface area contributed by atoms with Crippen molar-refractivity contribution in [3.63, 3.8) is 0 Å². The number of hydrogen-bond acceptors (Lipinski definition) is 5. The third-order valence-electron chi connectivity index (χ3n) is 2.96. The van der Waals surface area contributed by atoms with E-state index in [1.807, 2.05) is 0 Å². The Balaban J connectivity index is 2.77. The summed E-state index contributed by atoms with van der Waals surface area (Å²) in [6, 6.07) is 1.32. The van der Waals surface area contributed by atoms with Gasteiger partial charge in [0, 0.05) is 6.20 Å². The molecule has 0 aliphatic carbocycles. The second-order valence-corrected chi connectivity index (χ2v) is 4.10. The number of carbonyl (C=O) groups excluding carboxylic acids is 1. The number of hydrogen-bond donors (Lipinski definition) is 1. The van der Waals surface area contributed by atoms with Crippen molar-refractivity contribution < 1.29 is 23.4 Å². The number of fused-ring (bicyclic) bond motifs is 1. The molecule has 0 unspecified atom stereocenters. The second kappa shape index (κ2) is 5.82. The van der Waals surface area contributed by atoms with Crippen LogP contribution in [0.4, 0.5) is 4.39 Å². The van der Waals surface area contributed by atoms with Gasteiger partial charge in [0.2, 0.25) is 5.43 Å². The van der Waals surface area contributed by atoms with E-state index < -0.39 is 17.2 Å². The van der Waals surface area contributed by atoms with Crippen molar-refractivity contribution in [2.75, 3.05) is 20.8 Å². The number of carbonyl (C=O) groups is 1. The highest BCUT2D eigenvalue weighted by Crippen LogP contribution is 2.34. The number of halogens is 1. The summed E-state index contributed by atoms with van der Waals surface area (Å²) in [5.74, 6) is -1.59. The van der Waals surface area contributed by atoms with Crippen molar-refractivity contribution >= 4 is 16.9 Å². The zero-order valence-electron chi connectivity index (χ0n) is 11.8. The predicted molar refractivity (Wildman–Crippen MR) is 73.6 cm³/mol. The van der Waals surface area contributed by atoms with E-state index in [1.165, 1.54) is 20.3 Å². The van der Waals surface area contributed by atoms with E-state index in [0.717, 1.165) is 6.20 Å². The van der Waals surface area contributed by atoms with Gasteiger partial charge in [-0.15, -0.1) is 0 Å². The number of H-pyrrole nitrogens is 1. The van der Waals surface area contributed by atoms with E-state index >= 15 is 0 Å². The molecule has 2 aromatic rings. The molecule has 1 N–H and O–H groups in total. The molecule has 0 aliphatic rings. The largest absolute Gasteiger partial charge is 0.493 e. The Labute approximate surface area is 119 Å². The predicted octanol–water partition coefficient (Wildman–Crippen LogP) is 1.86. The molecule has 0 amide bonds. The third-order valence-corrected chi connectivity index (χ3v) is 2.96. The minimum absolute atomic E-state index is 0.0179. The highest BCUT2D eigenvalue weighted by Gasteiger charge is 2.20. The van der Waals surface area contributed by atoms with Crippen LogP contribution >= 0.6 is 0 Å². The maximum absolute atomic E-state index is 14.3. The summed E-state index contributed by atoms with van der Waals surface area (Å²) in [5, 5.41) is -0.0179. The van der Waals surface area contributed by atoms with Gasteiger partial charge in [0.05, 0.1) is 31.7 Å². The molecule has 0 aliphatic heterocycles. The van der Waals surface area contributed by atoms with Gasteiger partial charge in [-0.2, -0.15) is 0 Å². The van der Waals surface area contributed by atoms with Gasteiger partial charge in [-0.1, -0.05) is 0 Å². The third kappa shape index (κ3) is 2.42. The van der Waals surface area contributed by atoms with E-state index in [0.29, 0.717) is 0 Å². The van der Waals surface area contributed by atoms with Crippen LogP contribution in [0, 0.1) is 5.82 Å². The van der Waals surface area contributed by atoms with E-state index in [2.05, 4.69) is 4.98 Å². The average molecular weight is 295 g/mol. The molecule has 112 valence electrons. The number of nitrogens with one attached hydrogen (secondary N) is 1. The van der Waals surface area contributed by atoms with Crippen LogP contribution in [0.1, 0.15) is 17.3 Å². The lowest BCUT2D eigenvalue weighted by Gasteiger charge is -2.11. The first-order chi connectivity index (χ1) is 10.0. The first kappa shape index (κ1) is 14.8. The average Bonchev–Trinajstić information content (AvgIpc) is 2.48. The number of aromatic nitrogens is 1. The summed E-state index contributed by atoms with van der Waals surface area (Å²) >= 11 is 0. The van der Waals surface area contributed by atoms with Gasteiger partial charge in [-0.05, 0) is 13.0 Å². The minimum Gasteiger partial charge on any atom is -0.493 e. The summed E-state index contributed by atoms with van der Waals surface area (Å²) in [6.07, 6.45) is 1.12. The van der Waals surface area contributed by atoms with E-state index in [9.17, 15) is 14.0 Å². The molecule has 7 heteroatoms. The quantitative estimate of drug-likeness (QED) is 0.871. The first-order valence-electron chi connectivity index (χ1n) is 6.18. The van der Waals surface area contributed by atoms with Crippen molar-refractivity contribution in [3.8, 4) is 11.5 Å². The fraction of sp³-hybridized carbons (Fsp3) is 0.286. The summed E-state index contributed by atoms with van der Waals surface area (Å²) in [4.78, 5) is 26.5. The van der Waals surface area contributed by atoms with Gasteiger partial charge >= 0.3 is 5.97 Å². The van der Waals surface area contributed by atoms with Crippen molar-refractivity contribution in [3.05, 3.63) is 33.9 Å². The van der Waals surface area contributed by atoms with E-state index in [1.54, 1.807) is 6.92 Å². The van der Waals surface area contributed by atoms with Crippen molar-refractivity contribution in [1.29, 1.82) is 0 Å². The van der Waals surface area contributed by atoms with Crippen molar-refractivity contribution in [2.45, 2.75) is 6.92 Å². The Morgan fingerprint density at radius 2 is 2.05 bits per heavy atom. The second-order valence-electron chi connectivity index (χ2n) is 4.10. The van der Waals surface area contributed by atoms with Gasteiger partial charge in [-0.25, -0.2) is 9.18 Å². The van der Waals surface area contributed by atoms with E-state index in [-0.39, 0.29) is 34.6 Å². The highest BCUT2D eigenvalue weighted by molar-refractivity contribution is 5.94. The maximum atomic E-state index is 14.3. The molecule has 21 heavy (non-hydrogen) atoms. The van der Waals surface area contributed by atoms with Crippen LogP contribution in [-0.4, -0.2) is 31.8 Å². The zero-order valence-corrected chi connectivity index (χ0v) is 11.8. The van der Waals surface area contributed by atoms with Gasteiger partial charge < -0.3 is 19.2 Å². The van der Waals surface area contributed by atoms with Crippen LogP contribution in [0.2, 0.25) is 0 Å². The lowest BCUT2D eigenvalue weighted by atomic mass is 10.1. The normalized spacial score (nSPS) is 10.5. The number of methoxy groups -OCH3 is 2. The summed E-state index contributed by atoms with van der Waals surface area (Å²) in [5.41, 5.74) is -0.899. The monoisotopic (exact) mass is 295 g/mol. The topological polar surface area (TPSA) is 77.6 Å². The van der Waals surface area contributed by atoms with Crippen molar-refractivity contribution in [2.24, 2.45) is 0 Å². The maximum Gasteiger partial charge on any atom is 0.343 e. The fourth-order valence-corrected chi connectivity index (χ4v) is 1.99. The molecule has 2 rings (SSSR count). The number of benzene rings is 1. The van der Waals surface area contributed by atoms with Crippen molar-refractivity contribution in [1.82, 2.24) is 4.98 Å². The Hall–Kier alpha value is -2.57. The Morgan fingerprint density at radius 3 is 2.62 bits per heavy atom. The lowest BCUT2D eigenvalue weighted by Crippen LogP contribution is -2.18. The van der Waals surface area contributed by atoms with Gasteiger partial charge in [0.15, 0.2) is 17.3 Å². The molecule has 0 atom stereocenters. The van der Waals surface area contributed by atoms with Crippen LogP contribution in [-0.2, 0) is 4.74 Å². The molecule has 0 fully saturated rings. The Morgan fingerprint density at radius 1 is 1.33 bits per heavy atom. The molecular formula is C14H14FNO5. The minimum atomic E-state index is -0.768. The molecule has 1 aromatic heterocycles. The molecule has 0 radical (unpaired) electrons. The van der Waals surface area contributed by atoms with Crippen LogP contribution in [0.3, 0.4) is 0 Å². The van der Waals surface area contributed by atoms with Gasteiger partial charge in [-0.3, -0.25) is 4.79 Å². The van der Waals surface area contributed by atoms with Gasteiger partial charge in [0.25, 0.3) is 0 Å².